The van der Waals surface area contributed by atoms with Crippen LogP contribution < -0.4 is 5.73 Å². The van der Waals surface area contributed by atoms with Crippen molar-refractivity contribution in [3.8, 4) is 0 Å². The molecule has 3 rings (SSSR count). The van der Waals surface area contributed by atoms with E-state index < -0.39 is 5.60 Å². The summed E-state index contributed by atoms with van der Waals surface area (Å²) < 4.78 is 10.9. The Hall–Kier alpha value is -1.85. The number of aryl methyl sites for hydroxylation is 1. The molecule has 5 nitrogen and oxygen atoms in total. The van der Waals surface area contributed by atoms with E-state index in [-0.39, 0.29) is 18.4 Å². The van der Waals surface area contributed by atoms with Crippen molar-refractivity contribution in [3.05, 3.63) is 35.0 Å². The summed E-state index contributed by atoms with van der Waals surface area (Å²) in [6.07, 6.45) is 1.80. The Bertz CT molecular complexity index is 737. The zero-order valence-corrected chi connectivity index (χ0v) is 13.9. The average Bonchev–Trinajstić information content (AvgIpc) is 2.98. The molecule has 0 spiro atoms. The van der Waals surface area contributed by atoms with E-state index >= 15 is 0 Å². The highest BCUT2D eigenvalue weighted by Crippen LogP contribution is 2.44. The van der Waals surface area contributed by atoms with E-state index in [0.29, 0.717) is 13.0 Å². The second kappa shape index (κ2) is 5.98. The number of nitrogens with one attached hydrogen (secondary N) is 1. The zero-order chi connectivity index (χ0) is 16.6. The summed E-state index contributed by atoms with van der Waals surface area (Å²) in [5, 5.41) is 1.14. The summed E-state index contributed by atoms with van der Waals surface area (Å²) in [5.41, 5.74) is 9.98. The fraction of sp³-hybridized carbons (Fsp3) is 0.500. The van der Waals surface area contributed by atoms with Gasteiger partial charge in [-0.3, -0.25) is 4.79 Å². The van der Waals surface area contributed by atoms with E-state index in [4.69, 9.17) is 15.2 Å². The lowest BCUT2D eigenvalue weighted by atomic mass is 9.84. The number of carbonyl (C=O) groups excluding carboxylic acids is 1. The first-order valence-electron chi connectivity index (χ1n) is 8.16. The predicted octanol–water partition coefficient (Wildman–Crippen LogP) is 2.93. The van der Waals surface area contributed by atoms with Gasteiger partial charge in [-0.15, -0.1) is 0 Å². The Balaban J connectivity index is 2.23. The number of benzene rings is 1. The molecule has 0 aliphatic carbocycles. The summed E-state index contributed by atoms with van der Waals surface area (Å²) in [5.74, 6) is -0.275. The molecule has 5 heteroatoms. The minimum absolute atomic E-state index is 0.188. The molecular formula is C18H24N2O3. The minimum Gasteiger partial charge on any atom is -0.469 e. The van der Waals surface area contributed by atoms with Gasteiger partial charge < -0.3 is 20.2 Å². The lowest BCUT2D eigenvalue weighted by molar-refractivity contribution is -0.153. The lowest BCUT2D eigenvalue weighted by Crippen LogP contribution is -2.41. The molecule has 0 radical (unpaired) electrons. The van der Waals surface area contributed by atoms with Crippen molar-refractivity contribution in [2.75, 3.05) is 13.7 Å². The van der Waals surface area contributed by atoms with Gasteiger partial charge in [0.15, 0.2) is 0 Å². The number of nitrogens with two attached hydrogens (primary N) is 1. The van der Waals surface area contributed by atoms with E-state index in [0.717, 1.165) is 28.6 Å². The smallest absolute Gasteiger partial charge is 0.308 e. The summed E-state index contributed by atoms with van der Waals surface area (Å²) in [7, 11) is 1.40. The number of para-hydroxylation sites is 1. The van der Waals surface area contributed by atoms with Gasteiger partial charge in [-0.1, -0.05) is 32.0 Å². The van der Waals surface area contributed by atoms with Crippen LogP contribution in [-0.4, -0.2) is 24.7 Å². The fourth-order valence-corrected chi connectivity index (χ4v) is 3.59. The SMILES string of the molecule is CCc1cccc2c3c([nH]c12)C(CC)(CC(=O)OC)OCC3N. The molecule has 3 N–H and O–H groups in total. The van der Waals surface area contributed by atoms with Gasteiger partial charge in [-0.25, -0.2) is 0 Å². The van der Waals surface area contributed by atoms with E-state index in [9.17, 15) is 4.79 Å². The average molecular weight is 316 g/mol. The fourth-order valence-electron chi connectivity index (χ4n) is 3.59. The summed E-state index contributed by atoms with van der Waals surface area (Å²) in [6.45, 7) is 4.56. The highest BCUT2D eigenvalue weighted by molar-refractivity contribution is 5.89. The van der Waals surface area contributed by atoms with E-state index in [1.807, 2.05) is 6.92 Å². The molecule has 2 aromatic rings. The Labute approximate surface area is 136 Å². The molecule has 23 heavy (non-hydrogen) atoms. The number of carbonyl (C=O) groups is 1. The molecule has 2 atom stereocenters. The van der Waals surface area contributed by atoms with Crippen LogP contribution in [0.4, 0.5) is 0 Å². The quantitative estimate of drug-likeness (QED) is 0.850. The predicted molar refractivity (Wildman–Crippen MR) is 89.2 cm³/mol. The van der Waals surface area contributed by atoms with Gasteiger partial charge in [0, 0.05) is 16.5 Å². The molecule has 2 heterocycles. The van der Waals surface area contributed by atoms with Crippen LogP contribution in [0.15, 0.2) is 18.2 Å². The molecule has 2 unspecified atom stereocenters. The van der Waals surface area contributed by atoms with E-state index in [1.165, 1.54) is 12.7 Å². The number of fused-ring (bicyclic) bond motifs is 3. The number of methoxy groups -OCH3 is 1. The molecule has 1 aliphatic rings. The van der Waals surface area contributed by atoms with Gasteiger partial charge in [0.05, 0.1) is 31.9 Å². The largest absolute Gasteiger partial charge is 0.469 e. The standard InChI is InChI=1S/C18H24N2O3/c1-4-11-7-6-8-12-15-13(19)10-23-18(5-2,9-14(21)22-3)17(15)20-16(11)12/h6-8,13,20H,4-5,9-10,19H2,1-3H3. The number of aromatic nitrogens is 1. The first-order valence-corrected chi connectivity index (χ1v) is 8.16. The molecule has 124 valence electrons. The van der Waals surface area contributed by atoms with Crippen LogP contribution in [0.1, 0.15) is 49.6 Å². The van der Waals surface area contributed by atoms with Crippen molar-refractivity contribution in [2.24, 2.45) is 5.73 Å². The van der Waals surface area contributed by atoms with Crippen molar-refractivity contribution in [2.45, 2.75) is 44.8 Å². The summed E-state index contributed by atoms with van der Waals surface area (Å²) in [4.78, 5) is 15.5. The first kappa shape index (κ1) is 16.0. The maximum absolute atomic E-state index is 11.9. The third-order valence-corrected chi connectivity index (χ3v) is 4.94. The zero-order valence-electron chi connectivity index (χ0n) is 13.9. The number of aromatic amines is 1. The lowest BCUT2D eigenvalue weighted by Gasteiger charge is -2.38. The Morgan fingerprint density at radius 3 is 2.91 bits per heavy atom. The van der Waals surface area contributed by atoms with E-state index in [2.05, 4.69) is 30.1 Å². The van der Waals surface area contributed by atoms with Crippen LogP contribution in [0.3, 0.4) is 0 Å². The number of hydrogen-bond acceptors (Lipinski definition) is 4. The molecule has 0 amide bonds. The second-order valence-electron chi connectivity index (χ2n) is 6.13. The number of H-pyrrole nitrogens is 1. The molecule has 0 fully saturated rings. The third-order valence-electron chi connectivity index (χ3n) is 4.94. The molecule has 1 aromatic carbocycles. The maximum Gasteiger partial charge on any atom is 0.308 e. The number of ether oxygens (including phenoxy) is 2. The van der Waals surface area contributed by atoms with Crippen molar-refractivity contribution < 1.29 is 14.3 Å². The normalized spacial score (nSPS) is 23.7. The summed E-state index contributed by atoms with van der Waals surface area (Å²) in [6, 6.07) is 6.08. The highest BCUT2D eigenvalue weighted by atomic mass is 16.5. The van der Waals surface area contributed by atoms with Gasteiger partial charge in [-0.2, -0.15) is 0 Å². The van der Waals surface area contributed by atoms with Crippen LogP contribution >= 0.6 is 0 Å². The molecule has 1 aromatic heterocycles. The van der Waals surface area contributed by atoms with Crippen molar-refractivity contribution >= 4 is 16.9 Å². The van der Waals surface area contributed by atoms with Crippen molar-refractivity contribution in [3.63, 3.8) is 0 Å². The van der Waals surface area contributed by atoms with Crippen LogP contribution in [0.25, 0.3) is 10.9 Å². The van der Waals surface area contributed by atoms with Gasteiger partial charge >= 0.3 is 5.97 Å². The maximum atomic E-state index is 11.9. The monoisotopic (exact) mass is 316 g/mol. The van der Waals surface area contributed by atoms with Crippen LogP contribution in [0.5, 0.6) is 0 Å². The Morgan fingerprint density at radius 2 is 2.26 bits per heavy atom. The van der Waals surface area contributed by atoms with Gasteiger partial charge in [0.1, 0.15) is 5.60 Å². The van der Waals surface area contributed by atoms with Crippen molar-refractivity contribution in [1.82, 2.24) is 4.98 Å². The van der Waals surface area contributed by atoms with Crippen LogP contribution in [0.2, 0.25) is 0 Å². The third kappa shape index (κ3) is 2.44. The number of hydrogen-bond donors (Lipinski definition) is 2. The highest BCUT2D eigenvalue weighted by Gasteiger charge is 2.43. The molecular weight excluding hydrogens is 292 g/mol. The first-order chi connectivity index (χ1) is 11.1. The Kier molecular flexibility index (Phi) is 4.17. The molecule has 0 saturated carbocycles. The van der Waals surface area contributed by atoms with Crippen molar-refractivity contribution in [1.29, 1.82) is 0 Å². The number of rotatable bonds is 4. The van der Waals surface area contributed by atoms with Gasteiger partial charge in [0.2, 0.25) is 0 Å². The van der Waals surface area contributed by atoms with Gasteiger partial charge in [0.25, 0.3) is 0 Å². The molecule has 1 aliphatic heterocycles. The topological polar surface area (TPSA) is 77.3 Å². The number of esters is 1. The van der Waals surface area contributed by atoms with Crippen LogP contribution in [-0.2, 0) is 26.3 Å². The van der Waals surface area contributed by atoms with E-state index in [1.54, 1.807) is 0 Å². The minimum atomic E-state index is -0.692. The molecule has 0 saturated heterocycles. The Morgan fingerprint density at radius 1 is 1.48 bits per heavy atom. The second-order valence-corrected chi connectivity index (χ2v) is 6.13. The van der Waals surface area contributed by atoms with Gasteiger partial charge in [-0.05, 0) is 18.4 Å². The summed E-state index contributed by atoms with van der Waals surface area (Å²) >= 11 is 0. The molecule has 0 bridgehead atoms. The van der Waals surface area contributed by atoms with Crippen LogP contribution in [0, 0.1) is 0 Å².